The fourth-order valence-corrected chi connectivity index (χ4v) is 2.40. The zero-order valence-electron chi connectivity index (χ0n) is 9.98. The molecule has 1 aromatic heterocycles. The van der Waals surface area contributed by atoms with Crippen molar-refractivity contribution < 1.29 is 18.3 Å². The number of halogens is 3. The molecule has 0 aliphatic carbocycles. The number of aliphatic hydroxyl groups excluding tert-OH is 1. The molecule has 0 aromatic carbocycles. The van der Waals surface area contributed by atoms with E-state index in [1.165, 1.54) is 12.3 Å². The first-order chi connectivity index (χ1) is 8.45. The molecule has 6 heteroatoms. The van der Waals surface area contributed by atoms with Gasteiger partial charge in [0.1, 0.15) is 5.82 Å². The Kier molecular flexibility index (Phi) is 3.47. The maximum atomic E-state index is 12.9. The van der Waals surface area contributed by atoms with E-state index in [1.54, 1.807) is 4.90 Å². The Morgan fingerprint density at radius 2 is 2.22 bits per heavy atom. The number of rotatable bonds is 2. The SMILES string of the molecule is CC1CCN(c2ncccc2C(F)(F)F)C1CO. The zero-order valence-corrected chi connectivity index (χ0v) is 9.98. The summed E-state index contributed by atoms with van der Waals surface area (Å²) in [6, 6.07) is 2.01. The van der Waals surface area contributed by atoms with Crippen molar-refractivity contribution in [2.45, 2.75) is 25.6 Å². The van der Waals surface area contributed by atoms with Gasteiger partial charge in [0, 0.05) is 12.7 Å². The van der Waals surface area contributed by atoms with Crippen LogP contribution in [-0.2, 0) is 6.18 Å². The molecule has 1 saturated heterocycles. The van der Waals surface area contributed by atoms with Crippen LogP contribution in [0.4, 0.5) is 19.0 Å². The number of nitrogens with zero attached hydrogens (tertiary/aromatic N) is 2. The molecule has 0 amide bonds. The first-order valence-corrected chi connectivity index (χ1v) is 5.85. The molecule has 1 N–H and O–H groups in total. The highest BCUT2D eigenvalue weighted by atomic mass is 19.4. The van der Waals surface area contributed by atoms with Gasteiger partial charge in [-0.25, -0.2) is 4.98 Å². The molecule has 1 aliphatic rings. The van der Waals surface area contributed by atoms with Gasteiger partial charge in [-0.05, 0) is 24.5 Å². The minimum absolute atomic E-state index is 0.0756. The number of aliphatic hydroxyl groups is 1. The normalized spacial score (nSPS) is 24.6. The topological polar surface area (TPSA) is 36.4 Å². The van der Waals surface area contributed by atoms with Gasteiger partial charge in [-0.2, -0.15) is 13.2 Å². The van der Waals surface area contributed by atoms with Gasteiger partial charge in [-0.1, -0.05) is 6.92 Å². The highest BCUT2D eigenvalue weighted by molar-refractivity contribution is 5.50. The Balaban J connectivity index is 2.39. The Labute approximate surface area is 103 Å². The van der Waals surface area contributed by atoms with Gasteiger partial charge in [0.15, 0.2) is 0 Å². The first kappa shape index (κ1) is 13.1. The third-order valence-electron chi connectivity index (χ3n) is 3.43. The minimum Gasteiger partial charge on any atom is -0.394 e. The third kappa shape index (κ3) is 2.29. The molecule has 2 atom stereocenters. The summed E-state index contributed by atoms with van der Waals surface area (Å²) >= 11 is 0. The molecule has 1 fully saturated rings. The molecule has 0 spiro atoms. The van der Waals surface area contributed by atoms with Gasteiger partial charge < -0.3 is 10.0 Å². The van der Waals surface area contributed by atoms with E-state index in [9.17, 15) is 18.3 Å². The molecule has 1 aliphatic heterocycles. The number of hydrogen-bond acceptors (Lipinski definition) is 3. The van der Waals surface area contributed by atoms with E-state index in [0.29, 0.717) is 6.54 Å². The summed E-state index contributed by atoms with van der Waals surface area (Å²) in [6.07, 6.45) is -2.31. The van der Waals surface area contributed by atoms with Crippen LogP contribution in [0, 0.1) is 5.92 Å². The molecule has 18 heavy (non-hydrogen) atoms. The smallest absolute Gasteiger partial charge is 0.394 e. The summed E-state index contributed by atoms with van der Waals surface area (Å²) in [5.74, 6) is 0.0893. The van der Waals surface area contributed by atoms with E-state index in [-0.39, 0.29) is 24.4 Å². The van der Waals surface area contributed by atoms with Crippen LogP contribution in [0.15, 0.2) is 18.3 Å². The summed E-state index contributed by atoms with van der Waals surface area (Å²) in [6.45, 7) is 2.26. The molecule has 0 radical (unpaired) electrons. The highest BCUT2D eigenvalue weighted by Crippen LogP contribution is 2.38. The summed E-state index contributed by atoms with van der Waals surface area (Å²) < 4.78 is 38.7. The van der Waals surface area contributed by atoms with Crippen LogP contribution in [-0.4, -0.2) is 29.3 Å². The number of alkyl halides is 3. The molecule has 2 rings (SSSR count). The van der Waals surface area contributed by atoms with Crippen LogP contribution in [0.25, 0.3) is 0 Å². The second-order valence-corrected chi connectivity index (χ2v) is 4.58. The van der Waals surface area contributed by atoms with Gasteiger partial charge in [0.2, 0.25) is 0 Å². The molecule has 0 bridgehead atoms. The zero-order chi connectivity index (χ0) is 13.3. The van der Waals surface area contributed by atoms with Crippen LogP contribution >= 0.6 is 0 Å². The monoisotopic (exact) mass is 260 g/mol. The quantitative estimate of drug-likeness (QED) is 0.886. The van der Waals surface area contributed by atoms with E-state index in [0.717, 1.165) is 12.5 Å². The predicted octanol–water partition coefficient (Wildman–Crippen LogP) is 2.31. The molecule has 0 saturated carbocycles. The number of aromatic nitrogens is 1. The van der Waals surface area contributed by atoms with Crippen molar-refractivity contribution in [2.24, 2.45) is 5.92 Å². The summed E-state index contributed by atoms with van der Waals surface area (Å²) in [5, 5.41) is 9.31. The first-order valence-electron chi connectivity index (χ1n) is 5.85. The van der Waals surface area contributed by atoms with Crippen molar-refractivity contribution in [2.75, 3.05) is 18.1 Å². The summed E-state index contributed by atoms with van der Waals surface area (Å²) in [5.41, 5.74) is -0.738. The van der Waals surface area contributed by atoms with Crippen LogP contribution in [0.3, 0.4) is 0 Å². The van der Waals surface area contributed by atoms with E-state index < -0.39 is 11.7 Å². The molecular weight excluding hydrogens is 245 g/mol. The lowest BCUT2D eigenvalue weighted by molar-refractivity contribution is -0.137. The van der Waals surface area contributed by atoms with E-state index in [4.69, 9.17) is 0 Å². The summed E-state index contributed by atoms with van der Waals surface area (Å²) in [4.78, 5) is 5.42. The second-order valence-electron chi connectivity index (χ2n) is 4.58. The third-order valence-corrected chi connectivity index (χ3v) is 3.43. The van der Waals surface area contributed by atoms with Gasteiger partial charge in [-0.3, -0.25) is 0 Å². The van der Waals surface area contributed by atoms with Crippen molar-refractivity contribution in [1.82, 2.24) is 4.98 Å². The Hall–Kier alpha value is -1.30. The Morgan fingerprint density at radius 1 is 1.50 bits per heavy atom. The largest absolute Gasteiger partial charge is 0.419 e. The van der Waals surface area contributed by atoms with E-state index in [1.807, 2.05) is 6.92 Å². The average Bonchev–Trinajstić information content (AvgIpc) is 2.69. The van der Waals surface area contributed by atoms with Crippen molar-refractivity contribution in [3.63, 3.8) is 0 Å². The minimum atomic E-state index is -4.42. The van der Waals surface area contributed by atoms with Gasteiger partial charge in [0.05, 0.1) is 18.2 Å². The van der Waals surface area contributed by atoms with Crippen LogP contribution in [0.5, 0.6) is 0 Å². The molecule has 3 nitrogen and oxygen atoms in total. The number of hydrogen-bond donors (Lipinski definition) is 1. The highest BCUT2D eigenvalue weighted by Gasteiger charge is 2.39. The average molecular weight is 260 g/mol. The van der Waals surface area contributed by atoms with E-state index in [2.05, 4.69) is 4.98 Å². The molecule has 1 aromatic rings. The molecule has 2 unspecified atom stereocenters. The molecule has 100 valence electrons. The number of anilines is 1. The van der Waals surface area contributed by atoms with Gasteiger partial charge in [-0.15, -0.1) is 0 Å². The van der Waals surface area contributed by atoms with Crippen molar-refractivity contribution >= 4 is 5.82 Å². The lowest BCUT2D eigenvalue weighted by atomic mass is 10.0. The maximum absolute atomic E-state index is 12.9. The maximum Gasteiger partial charge on any atom is 0.419 e. The lowest BCUT2D eigenvalue weighted by Crippen LogP contribution is -2.37. The Bertz CT molecular complexity index is 422. The van der Waals surface area contributed by atoms with Crippen molar-refractivity contribution in [3.05, 3.63) is 23.9 Å². The molecule has 2 heterocycles. The van der Waals surface area contributed by atoms with E-state index >= 15 is 0 Å². The fraction of sp³-hybridized carbons (Fsp3) is 0.583. The van der Waals surface area contributed by atoms with Crippen molar-refractivity contribution in [3.8, 4) is 0 Å². The van der Waals surface area contributed by atoms with Crippen LogP contribution < -0.4 is 4.90 Å². The van der Waals surface area contributed by atoms with Gasteiger partial charge in [0.25, 0.3) is 0 Å². The lowest BCUT2D eigenvalue weighted by Gasteiger charge is -2.28. The number of pyridine rings is 1. The van der Waals surface area contributed by atoms with Crippen molar-refractivity contribution in [1.29, 1.82) is 0 Å². The molecular formula is C12H15F3N2O. The Morgan fingerprint density at radius 3 is 2.83 bits per heavy atom. The van der Waals surface area contributed by atoms with Crippen LogP contribution in [0.1, 0.15) is 18.9 Å². The van der Waals surface area contributed by atoms with Gasteiger partial charge >= 0.3 is 6.18 Å². The predicted molar refractivity (Wildman–Crippen MR) is 61.2 cm³/mol. The van der Waals surface area contributed by atoms with Crippen LogP contribution in [0.2, 0.25) is 0 Å². The summed E-state index contributed by atoms with van der Waals surface area (Å²) in [7, 11) is 0. The standard InChI is InChI=1S/C12H15F3N2O/c1-8-4-6-17(10(8)7-18)11-9(12(13,14)15)3-2-5-16-11/h2-3,5,8,10,18H,4,6-7H2,1H3. The fourth-order valence-electron chi connectivity index (χ4n) is 2.40. The second kappa shape index (κ2) is 4.76.